The summed E-state index contributed by atoms with van der Waals surface area (Å²) in [6, 6.07) is 23.5. The first-order chi connectivity index (χ1) is 24.6. The molecule has 0 aliphatic heterocycles. The lowest BCUT2D eigenvalue weighted by Gasteiger charge is -2.28. The van der Waals surface area contributed by atoms with Crippen LogP contribution in [0, 0.1) is 0 Å². The summed E-state index contributed by atoms with van der Waals surface area (Å²) < 4.78 is 6.26. The SMILES string of the molecule is CN(C[C@H](O)[C@@H](O)[C@H](O)[C@H](O)CO)C(=O)c1ccc(CSc2ccc(Cl)c(CNC3(c4cnccc4-c4ccccc4OC4CC4)CC3)c2)cc1. The number of para-hydroxylation sites is 1. The van der Waals surface area contributed by atoms with Crippen molar-refractivity contribution in [3.05, 3.63) is 112 Å². The van der Waals surface area contributed by atoms with Crippen LogP contribution in [0.15, 0.2) is 90.1 Å². The number of rotatable bonds is 17. The molecule has 6 rings (SSSR count). The summed E-state index contributed by atoms with van der Waals surface area (Å²) in [5, 5.41) is 53.2. The maximum Gasteiger partial charge on any atom is 0.253 e. The molecule has 0 saturated heterocycles. The Labute approximate surface area is 307 Å². The summed E-state index contributed by atoms with van der Waals surface area (Å²) >= 11 is 8.35. The lowest BCUT2D eigenvalue weighted by molar-refractivity contribution is -0.117. The normalized spacial score (nSPS) is 17.3. The van der Waals surface area contributed by atoms with Gasteiger partial charge in [0.2, 0.25) is 0 Å². The molecule has 6 N–H and O–H groups in total. The summed E-state index contributed by atoms with van der Waals surface area (Å²) in [4.78, 5) is 19.7. The van der Waals surface area contributed by atoms with Crippen molar-refractivity contribution in [3.63, 3.8) is 0 Å². The number of aromatic nitrogens is 1. The number of halogens is 1. The second kappa shape index (κ2) is 16.4. The van der Waals surface area contributed by atoms with Gasteiger partial charge in [0.15, 0.2) is 0 Å². The third-order valence-corrected chi connectivity index (χ3v) is 10.9. The van der Waals surface area contributed by atoms with E-state index < -0.39 is 31.0 Å². The molecular weight excluding hydrogens is 690 g/mol. The molecule has 4 atom stereocenters. The first-order valence-electron chi connectivity index (χ1n) is 17.1. The topological polar surface area (TPSA) is 156 Å². The molecule has 2 aliphatic rings. The van der Waals surface area contributed by atoms with Crippen molar-refractivity contribution in [2.45, 2.75) is 78.9 Å². The van der Waals surface area contributed by atoms with E-state index in [1.165, 1.54) is 11.9 Å². The minimum Gasteiger partial charge on any atom is -0.490 e. The number of aliphatic hydroxyl groups is 5. The molecule has 0 bridgehead atoms. The Bertz CT molecular complexity index is 1800. The van der Waals surface area contributed by atoms with Crippen molar-refractivity contribution < 1.29 is 35.1 Å². The van der Waals surface area contributed by atoms with Gasteiger partial charge >= 0.3 is 0 Å². The number of nitrogens with zero attached hydrogens (tertiary/aromatic N) is 2. The summed E-state index contributed by atoms with van der Waals surface area (Å²) in [5.41, 5.74) is 5.60. The molecular formula is C39H44ClN3O7S. The number of thioether (sulfide) groups is 1. The summed E-state index contributed by atoms with van der Waals surface area (Å²) in [6.07, 6.45) is 1.67. The largest absolute Gasteiger partial charge is 0.490 e. The van der Waals surface area contributed by atoms with Crippen LogP contribution in [0.25, 0.3) is 11.1 Å². The highest BCUT2D eigenvalue weighted by Crippen LogP contribution is 2.50. The van der Waals surface area contributed by atoms with Gasteiger partial charge in [-0.1, -0.05) is 41.9 Å². The Hall–Kier alpha value is -3.52. The molecule has 0 spiro atoms. The van der Waals surface area contributed by atoms with E-state index in [9.17, 15) is 25.2 Å². The van der Waals surface area contributed by atoms with Crippen molar-refractivity contribution in [1.29, 1.82) is 0 Å². The minimum atomic E-state index is -1.76. The Morgan fingerprint density at radius 1 is 1.00 bits per heavy atom. The first kappa shape index (κ1) is 37.2. The standard InChI is InChI=1S/C39H44ClN3O7S/c1-43(21-33(45)36(47)37(48)34(46)22-44)38(49)25-8-6-24(7-9-25)23-51-28-12-13-32(40)26(18-28)19-42-39(15-16-39)31-20-41-17-14-29(31)30-4-2-3-5-35(30)50-27-10-11-27/h2-9,12-14,17-18,20,27,33-34,36-37,42,44-48H,10-11,15-16,19,21-23H2,1H3/t33-,34+,36+,37+/m0/s1. The number of hydrogen-bond acceptors (Lipinski definition) is 10. The zero-order valence-corrected chi connectivity index (χ0v) is 29.9. The monoisotopic (exact) mass is 733 g/mol. The number of aliphatic hydroxyl groups excluding tert-OH is 5. The number of ether oxygens (including phenoxy) is 1. The van der Waals surface area contributed by atoms with Crippen LogP contribution < -0.4 is 10.1 Å². The molecule has 51 heavy (non-hydrogen) atoms. The smallest absolute Gasteiger partial charge is 0.253 e. The number of likely N-dealkylation sites (N-methyl/N-ethyl adjacent to an activating group) is 1. The highest BCUT2D eigenvalue weighted by molar-refractivity contribution is 7.98. The van der Waals surface area contributed by atoms with Crippen LogP contribution in [-0.2, 0) is 17.8 Å². The van der Waals surface area contributed by atoms with Crippen molar-refractivity contribution in [2.75, 3.05) is 20.2 Å². The predicted octanol–water partition coefficient (Wildman–Crippen LogP) is 4.52. The van der Waals surface area contributed by atoms with Gasteiger partial charge in [-0.2, -0.15) is 0 Å². The Morgan fingerprint density at radius 3 is 2.43 bits per heavy atom. The van der Waals surface area contributed by atoms with Crippen LogP contribution in [0.5, 0.6) is 5.75 Å². The number of pyridine rings is 1. The maximum absolute atomic E-state index is 12.9. The molecule has 4 aromatic rings. The number of carbonyl (C=O) groups is 1. The quantitative estimate of drug-likeness (QED) is 0.0854. The summed E-state index contributed by atoms with van der Waals surface area (Å²) in [7, 11) is 1.47. The van der Waals surface area contributed by atoms with Gasteiger partial charge in [0.1, 0.15) is 30.2 Å². The van der Waals surface area contributed by atoms with E-state index in [0.717, 1.165) is 64.1 Å². The van der Waals surface area contributed by atoms with Crippen LogP contribution in [0.2, 0.25) is 5.02 Å². The second-order valence-electron chi connectivity index (χ2n) is 13.4. The van der Waals surface area contributed by atoms with Crippen molar-refractivity contribution in [3.8, 4) is 16.9 Å². The molecule has 1 amide bonds. The highest BCUT2D eigenvalue weighted by atomic mass is 35.5. The average molecular weight is 734 g/mol. The van der Waals surface area contributed by atoms with Gasteiger partial charge in [-0.15, -0.1) is 11.8 Å². The lowest BCUT2D eigenvalue weighted by atomic mass is 9.94. The fourth-order valence-electron chi connectivity index (χ4n) is 6.04. The Morgan fingerprint density at radius 2 is 1.73 bits per heavy atom. The number of hydrogen-bond donors (Lipinski definition) is 6. The van der Waals surface area contributed by atoms with E-state index >= 15 is 0 Å². The zero-order chi connectivity index (χ0) is 36.1. The van der Waals surface area contributed by atoms with Crippen molar-refractivity contribution in [2.24, 2.45) is 0 Å². The highest BCUT2D eigenvalue weighted by Gasteiger charge is 2.46. The molecule has 2 aliphatic carbocycles. The van der Waals surface area contributed by atoms with Gasteiger partial charge in [0.25, 0.3) is 5.91 Å². The van der Waals surface area contributed by atoms with E-state index in [1.54, 1.807) is 23.9 Å². The minimum absolute atomic E-state index is 0.197. The van der Waals surface area contributed by atoms with Crippen LogP contribution >= 0.6 is 23.4 Å². The Kier molecular flexibility index (Phi) is 12.0. The molecule has 270 valence electrons. The fourth-order valence-corrected chi connectivity index (χ4v) is 7.14. The van der Waals surface area contributed by atoms with Crippen LogP contribution in [-0.4, -0.2) is 92.0 Å². The lowest BCUT2D eigenvalue weighted by Crippen LogP contribution is -2.49. The van der Waals surface area contributed by atoms with Gasteiger partial charge in [-0.25, -0.2) is 0 Å². The summed E-state index contributed by atoms with van der Waals surface area (Å²) in [5.74, 6) is 1.20. The molecule has 1 aromatic heterocycles. The van der Waals surface area contributed by atoms with E-state index in [0.29, 0.717) is 29.0 Å². The van der Waals surface area contributed by atoms with E-state index in [4.69, 9.17) is 21.4 Å². The van der Waals surface area contributed by atoms with Gasteiger partial charge in [-0.3, -0.25) is 9.78 Å². The van der Waals surface area contributed by atoms with Crippen LogP contribution in [0.3, 0.4) is 0 Å². The maximum atomic E-state index is 12.9. The van der Waals surface area contributed by atoms with E-state index in [1.807, 2.05) is 54.9 Å². The van der Waals surface area contributed by atoms with Crippen molar-refractivity contribution in [1.82, 2.24) is 15.2 Å². The fraction of sp³-hybridized carbons (Fsp3) is 0.385. The predicted molar refractivity (Wildman–Crippen MR) is 197 cm³/mol. The molecule has 12 heteroatoms. The number of nitrogens with one attached hydrogen (secondary N) is 1. The van der Waals surface area contributed by atoms with Crippen molar-refractivity contribution >= 4 is 29.3 Å². The first-order valence-corrected chi connectivity index (χ1v) is 18.5. The van der Waals surface area contributed by atoms with E-state index in [2.05, 4.69) is 28.5 Å². The number of carbonyl (C=O) groups excluding carboxylic acids is 1. The molecule has 0 unspecified atom stereocenters. The number of benzene rings is 3. The van der Waals surface area contributed by atoms with E-state index in [-0.39, 0.29) is 18.0 Å². The Balaban J connectivity index is 1.05. The third-order valence-electron chi connectivity index (χ3n) is 9.46. The van der Waals surface area contributed by atoms with Gasteiger partial charge < -0.3 is 40.5 Å². The third kappa shape index (κ3) is 9.11. The van der Waals surface area contributed by atoms with Gasteiger partial charge in [0.05, 0.1) is 12.7 Å². The summed E-state index contributed by atoms with van der Waals surface area (Å²) in [6.45, 7) is -0.463. The number of amides is 1. The average Bonchev–Trinajstić information content (AvgIpc) is 4.11. The molecule has 2 fully saturated rings. The second-order valence-corrected chi connectivity index (χ2v) is 14.8. The molecule has 1 heterocycles. The zero-order valence-electron chi connectivity index (χ0n) is 28.4. The van der Waals surface area contributed by atoms with Crippen LogP contribution in [0.4, 0.5) is 0 Å². The molecule has 3 aromatic carbocycles. The molecule has 0 radical (unpaired) electrons. The van der Waals surface area contributed by atoms with Crippen LogP contribution in [0.1, 0.15) is 52.7 Å². The molecule has 10 nitrogen and oxygen atoms in total. The van der Waals surface area contributed by atoms with Gasteiger partial charge in [0, 0.05) is 64.9 Å². The molecule has 2 saturated carbocycles. The van der Waals surface area contributed by atoms with Gasteiger partial charge in [-0.05, 0) is 90.4 Å².